The fraction of sp³-hybridized carbons (Fsp3) is 0.242. The van der Waals surface area contributed by atoms with Crippen LogP contribution in [0.2, 0.25) is 0 Å². The third-order valence-electron chi connectivity index (χ3n) is 6.78. The molecule has 0 saturated carbocycles. The number of fused-ring (bicyclic) bond motifs is 1. The van der Waals surface area contributed by atoms with Gasteiger partial charge in [0, 0.05) is 12.8 Å². The second kappa shape index (κ2) is 12.4. The summed E-state index contributed by atoms with van der Waals surface area (Å²) in [6, 6.07) is 34.0. The van der Waals surface area contributed by atoms with Gasteiger partial charge >= 0.3 is 5.97 Å². The summed E-state index contributed by atoms with van der Waals surface area (Å²) >= 11 is 0. The van der Waals surface area contributed by atoms with Gasteiger partial charge in [0.1, 0.15) is 24.2 Å². The van der Waals surface area contributed by atoms with Gasteiger partial charge in [0.15, 0.2) is 6.10 Å². The molecule has 5 nitrogen and oxygen atoms in total. The second-order valence-electron chi connectivity index (χ2n) is 9.67. The highest BCUT2D eigenvalue weighted by molar-refractivity contribution is 5.72. The number of hydrogen-bond donors (Lipinski definition) is 1. The van der Waals surface area contributed by atoms with Crippen LogP contribution in [0.15, 0.2) is 103 Å². The van der Waals surface area contributed by atoms with E-state index in [1.807, 2.05) is 72.8 Å². The molecule has 1 aliphatic rings. The molecule has 4 aromatic rings. The number of aliphatic carboxylic acids is 1. The first kappa shape index (κ1) is 25.6. The first-order valence-corrected chi connectivity index (χ1v) is 13.0. The van der Waals surface area contributed by atoms with E-state index in [0.717, 1.165) is 53.0 Å². The Hall–Kier alpha value is -4.09. The number of hydrogen-bond acceptors (Lipinski definition) is 4. The average molecular weight is 509 g/mol. The smallest absolute Gasteiger partial charge is 0.333 e. The lowest BCUT2D eigenvalue weighted by Crippen LogP contribution is -2.27. The van der Waals surface area contributed by atoms with Crippen molar-refractivity contribution in [1.82, 2.24) is 0 Å². The van der Waals surface area contributed by atoms with E-state index in [0.29, 0.717) is 13.0 Å². The fourth-order valence-electron chi connectivity index (χ4n) is 4.70. The fourth-order valence-corrected chi connectivity index (χ4v) is 4.70. The van der Waals surface area contributed by atoms with E-state index < -0.39 is 12.1 Å². The Kier molecular flexibility index (Phi) is 8.36. The van der Waals surface area contributed by atoms with E-state index in [-0.39, 0.29) is 12.7 Å². The molecule has 0 bridgehead atoms. The van der Waals surface area contributed by atoms with Crippen LogP contribution < -0.4 is 9.47 Å². The number of benzene rings is 4. The van der Waals surface area contributed by atoms with Crippen LogP contribution in [0.25, 0.3) is 0 Å². The first-order chi connectivity index (χ1) is 18.6. The monoisotopic (exact) mass is 508 g/mol. The molecule has 1 aliphatic heterocycles. The van der Waals surface area contributed by atoms with Crippen molar-refractivity contribution in [2.75, 3.05) is 0 Å². The largest absolute Gasteiger partial charge is 0.490 e. The standard InChI is InChI=1S/C33H32O5/c34-33(35)32(37-23-26-9-5-2-6-10-26)21-27-13-18-31-28(19-27)14-17-30(38-31)20-24-11-15-29(16-12-24)36-22-25-7-3-1-4-8-25/h1-13,15-16,18-19,30,32H,14,17,20-23H2,(H,34,35). The van der Waals surface area contributed by atoms with Gasteiger partial charge in [-0.05, 0) is 58.9 Å². The highest BCUT2D eigenvalue weighted by atomic mass is 16.5. The molecular formula is C33H32O5. The summed E-state index contributed by atoms with van der Waals surface area (Å²) in [5, 5.41) is 9.67. The lowest BCUT2D eigenvalue weighted by Gasteiger charge is -2.27. The molecule has 0 saturated heterocycles. The van der Waals surface area contributed by atoms with Crippen LogP contribution in [-0.4, -0.2) is 23.3 Å². The Morgan fingerprint density at radius 2 is 1.47 bits per heavy atom. The predicted molar refractivity (Wildman–Crippen MR) is 146 cm³/mol. The Bertz CT molecular complexity index is 1320. The molecular weight excluding hydrogens is 476 g/mol. The molecule has 4 aromatic carbocycles. The lowest BCUT2D eigenvalue weighted by atomic mass is 9.95. The van der Waals surface area contributed by atoms with Crippen LogP contribution in [0.3, 0.4) is 0 Å². The SMILES string of the molecule is O=C(O)C(Cc1ccc2c(c1)CCC(Cc1ccc(OCc3ccccc3)cc1)O2)OCc1ccccc1. The van der Waals surface area contributed by atoms with Gasteiger partial charge in [-0.3, -0.25) is 0 Å². The third kappa shape index (κ3) is 7.02. The summed E-state index contributed by atoms with van der Waals surface area (Å²) in [4.78, 5) is 11.8. The third-order valence-corrected chi connectivity index (χ3v) is 6.78. The van der Waals surface area contributed by atoms with E-state index >= 15 is 0 Å². The summed E-state index contributed by atoms with van der Waals surface area (Å²) in [5.41, 5.74) is 5.38. The van der Waals surface area contributed by atoms with Crippen molar-refractivity contribution in [1.29, 1.82) is 0 Å². The van der Waals surface area contributed by atoms with Gasteiger partial charge in [0.2, 0.25) is 0 Å². The molecule has 194 valence electrons. The second-order valence-corrected chi connectivity index (χ2v) is 9.67. The molecule has 5 rings (SSSR count). The van der Waals surface area contributed by atoms with Gasteiger partial charge < -0.3 is 19.3 Å². The minimum absolute atomic E-state index is 0.102. The summed E-state index contributed by atoms with van der Waals surface area (Å²) in [5.74, 6) is 0.781. The quantitative estimate of drug-likeness (QED) is 0.253. The van der Waals surface area contributed by atoms with Gasteiger partial charge in [-0.25, -0.2) is 4.79 Å². The summed E-state index contributed by atoms with van der Waals surface area (Å²) in [6.45, 7) is 0.824. The zero-order valence-corrected chi connectivity index (χ0v) is 21.3. The Morgan fingerprint density at radius 3 is 2.16 bits per heavy atom. The maximum absolute atomic E-state index is 11.8. The molecule has 0 aliphatic carbocycles. The molecule has 2 unspecified atom stereocenters. The van der Waals surface area contributed by atoms with Gasteiger partial charge in [0.25, 0.3) is 0 Å². The van der Waals surface area contributed by atoms with Crippen molar-refractivity contribution in [2.45, 2.75) is 51.1 Å². The van der Waals surface area contributed by atoms with Crippen molar-refractivity contribution >= 4 is 5.97 Å². The van der Waals surface area contributed by atoms with Crippen molar-refractivity contribution in [2.24, 2.45) is 0 Å². The molecule has 0 amide bonds. The molecule has 1 heterocycles. The lowest BCUT2D eigenvalue weighted by molar-refractivity contribution is -0.151. The van der Waals surface area contributed by atoms with Gasteiger partial charge in [-0.2, -0.15) is 0 Å². The van der Waals surface area contributed by atoms with Gasteiger partial charge in [-0.1, -0.05) is 84.9 Å². The van der Waals surface area contributed by atoms with Crippen molar-refractivity contribution in [3.63, 3.8) is 0 Å². The molecule has 0 aromatic heterocycles. The molecule has 5 heteroatoms. The van der Waals surface area contributed by atoms with Crippen LogP contribution in [0.4, 0.5) is 0 Å². The van der Waals surface area contributed by atoms with Gasteiger partial charge in [-0.15, -0.1) is 0 Å². The molecule has 0 spiro atoms. The number of carboxylic acids is 1. The number of ether oxygens (including phenoxy) is 3. The maximum atomic E-state index is 11.8. The Morgan fingerprint density at radius 1 is 0.816 bits per heavy atom. The summed E-state index contributed by atoms with van der Waals surface area (Å²) in [7, 11) is 0. The summed E-state index contributed by atoms with van der Waals surface area (Å²) in [6.07, 6.45) is 2.16. The maximum Gasteiger partial charge on any atom is 0.333 e. The topological polar surface area (TPSA) is 65.0 Å². The average Bonchev–Trinajstić information content (AvgIpc) is 2.96. The number of aryl methyl sites for hydroxylation is 1. The normalized spacial score (nSPS) is 15.2. The van der Waals surface area contributed by atoms with E-state index in [2.05, 4.69) is 30.3 Å². The molecule has 0 fully saturated rings. The Labute approximate surface area is 223 Å². The van der Waals surface area contributed by atoms with Gasteiger partial charge in [0.05, 0.1) is 6.61 Å². The van der Waals surface area contributed by atoms with E-state index in [4.69, 9.17) is 14.2 Å². The molecule has 38 heavy (non-hydrogen) atoms. The highest BCUT2D eigenvalue weighted by Crippen LogP contribution is 2.30. The minimum Gasteiger partial charge on any atom is -0.490 e. The predicted octanol–water partition coefficient (Wildman–Crippen LogP) is 6.41. The highest BCUT2D eigenvalue weighted by Gasteiger charge is 2.23. The zero-order valence-electron chi connectivity index (χ0n) is 21.3. The van der Waals surface area contributed by atoms with Crippen LogP contribution in [-0.2, 0) is 42.0 Å². The minimum atomic E-state index is -0.952. The number of carboxylic acid groups (broad SMARTS) is 1. The van der Waals surface area contributed by atoms with E-state index in [9.17, 15) is 9.90 Å². The molecule has 1 N–H and O–H groups in total. The number of rotatable bonds is 11. The Balaban J connectivity index is 1.13. The van der Waals surface area contributed by atoms with Crippen LogP contribution >= 0.6 is 0 Å². The van der Waals surface area contributed by atoms with Crippen LogP contribution in [0.1, 0.15) is 34.2 Å². The number of carbonyl (C=O) groups is 1. The van der Waals surface area contributed by atoms with E-state index in [1.165, 1.54) is 5.56 Å². The molecule has 2 atom stereocenters. The van der Waals surface area contributed by atoms with Crippen molar-refractivity contribution in [3.05, 3.63) is 131 Å². The van der Waals surface area contributed by atoms with Crippen LogP contribution in [0, 0.1) is 0 Å². The first-order valence-electron chi connectivity index (χ1n) is 13.0. The van der Waals surface area contributed by atoms with Crippen LogP contribution in [0.5, 0.6) is 11.5 Å². The van der Waals surface area contributed by atoms with Crippen molar-refractivity contribution in [3.8, 4) is 11.5 Å². The summed E-state index contributed by atoms with van der Waals surface area (Å²) < 4.78 is 17.9. The van der Waals surface area contributed by atoms with E-state index in [1.54, 1.807) is 0 Å². The van der Waals surface area contributed by atoms with Crippen molar-refractivity contribution < 1.29 is 24.1 Å². The molecule has 0 radical (unpaired) electrons. The zero-order chi connectivity index (χ0) is 26.2.